The summed E-state index contributed by atoms with van der Waals surface area (Å²) >= 11 is 0. The topological polar surface area (TPSA) is 112 Å². The predicted molar refractivity (Wildman–Crippen MR) is 111 cm³/mol. The number of sulfonamides is 1. The molecule has 9 nitrogen and oxygen atoms in total. The van der Waals surface area contributed by atoms with Crippen molar-refractivity contribution in [3.05, 3.63) is 42.0 Å². The number of hydrogen-bond acceptors (Lipinski definition) is 7. The molecule has 1 atom stereocenters. The smallest absolute Gasteiger partial charge is 0.241 e. The molecule has 30 heavy (non-hydrogen) atoms. The zero-order valence-electron chi connectivity index (χ0n) is 17.5. The standard InChI is InChI=1S/C20H26N2O7S/c1-13(22-30(24,25)16-8-6-15(26-2)7-9-16)20(23)21-12-14-10-17(27-3)19(29-5)18(11-14)28-4/h6-11,13,22H,12H2,1-5H3,(H,21,23)/t13-/m0/s1. The molecule has 2 aromatic carbocycles. The third-order valence-electron chi connectivity index (χ3n) is 4.29. The normalized spacial score (nSPS) is 12.0. The van der Waals surface area contributed by atoms with Gasteiger partial charge in [0.2, 0.25) is 21.7 Å². The second kappa shape index (κ2) is 10.2. The molecule has 0 heterocycles. The van der Waals surface area contributed by atoms with Crippen LogP contribution < -0.4 is 29.0 Å². The van der Waals surface area contributed by atoms with Crippen molar-refractivity contribution in [2.45, 2.75) is 24.4 Å². The first-order chi connectivity index (χ1) is 14.2. The van der Waals surface area contributed by atoms with Gasteiger partial charge in [0.05, 0.1) is 39.4 Å². The Morgan fingerprint density at radius 3 is 1.97 bits per heavy atom. The van der Waals surface area contributed by atoms with Crippen LogP contribution in [0.25, 0.3) is 0 Å². The van der Waals surface area contributed by atoms with Crippen molar-refractivity contribution in [3.8, 4) is 23.0 Å². The van der Waals surface area contributed by atoms with Gasteiger partial charge in [-0.1, -0.05) is 0 Å². The molecule has 2 aromatic rings. The van der Waals surface area contributed by atoms with Crippen LogP contribution in [-0.4, -0.2) is 48.8 Å². The van der Waals surface area contributed by atoms with Gasteiger partial charge in [0.15, 0.2) is 11.5 Å². The van der Waals surface area contributed by atoms with Crippen LogP contribution in [0.3, 0.4) is 0 Å². The van der Waals surface area contributed by atoms with E-state index in [0.29, 0.717) is 28.6 Å². The summed E-state index contributed by atoms with van der Waals surface area (Å²) in [7, 11) is 2.11. The molecule has 0 aliphatic rings. The molecule has 0 aliphatic carbocycles. The number of hydrogen-bond donors (Lipinski definition) is 2. The van der Waals surface area contributed by atoms with Gasteiger partial charge < -0.3 is 24.3 Å². The average molecular weight is 439 g/mol. The summed E-state index contributed by atoms with van der Waals surface area (Å²) in [6.45, 7) is 1.61. The number of amides is 1. The Hall–Kier alpha value is -2.98. The van der Waals surface area contributed by atoms with Gasteiger partial charge in [-0.05, 0) is 48.9 Å². The maximum Gasteiger partial charge on any atom is 0.241 e. The minimum Gasteiger partial charge on any atom is -0.497 e. The van der Waals surface area contributed by atoms with Gasteiger partial charge in [-0.3, -0.25) is 4.79 Å². The maximum absolute atomic E-state index is 12.5. The molecule has 164 valence electrons. The molecule has 10 heteroatoms. The highest BCUT2D eigenvalue weighted by Gasteiger charge is 2.22. The number of nitrogens with one attached hydrogen (secondary N) is 2. The van der Waals surface area contributed by atoms with E-state index in [4.69, 9.17) is 18.9 Å². The third kappa shape index (κ3) is 5.55. The lowest BCUT2D eigenvalue weighted by molar-refractivity contribution is -0.122. The summed E-state index contributed by atoms with van der Waals surface area (Å²) in [6.07, 6.45) is 0. The molecular formula is C20H26N2O7S. The van der Waals surface area contributed by atoms with Crippen LogP contribution in [0.15, 0.2) is 41.3 Å². The highest BCUT2D eigenvalue weighted by atomic mass is 32.2. The van der Waals surface area contributed by atoms with Gasteiger partial charge in [0, 0.05) is 6.54 Å². The number of rotatable bonds is 10. The Bertz CT molecular complexity index is 950. The second-order valence-corrected chi connectivity index (χ2v) is 7.98. The molecule has 0 aromatic heterocycles. The van der Waals surface area contributed by atoms with Crippen LogP contribution in [-0.2, 0) is 21.4 Å². The minimum atomic E-state index is -3.87. The number of ether oxygens (including phenoxy) is 4. The first-order valence-corrected chi connectivity index (χ1v) is 10.5. The van der Waals surface area contributed by atoms with E-state index >= 15 is 0 Å². The SMILES string of the molecule is COc1ccc(S(=O)(=O)N[C@@H](C)C(=O)NCc2cc(OC)c(OC)c(OC)c2)cc1. The van der Waals surface area contributed by atoms with E-state index in [9.17, 15) is 13.2 Å². The predicted octanol–water partition coefficient (Wildman–Crippen LogP) is 1.70. The zero-order valence-corrected chi connectivity index (χ0v) is 18.3. The summed E-state index contributed by atoms with van der Waals surface area (Å²) in [6, 6.07) is 8.29. The molecule has 2 rings (SSSR count). The molecule has 1 amide bonds. The van der Waals surface area contributed by atoms with Crippen molar-refractivity contribution in [3.63, 3.8) is 0 Å². The molecule has 0 bridgehead atoms. The summed E-state index contributed by atoms with van der Waals surface area (Å²) in [5, 5.41) is 2.69. The van der Waals surface area contributed by atoms with Crippen LogP contribution >= 0.6 is 0 Å². The van der Waals surface area contributed by atoms with Gasteiger partial charge >= 0.3 is 0 Å². The Balaban J connectivity index is 2.05. The van der Waals surface area contributed by atoms with E-state index in [2.05, 4.69) is 10.0 Å². The lowest BCUT2D eigenvalue weighted by Gasteiger charge is -2.16. The second-order valence-electron chi connectivity index (χ2n) is 6.27. The summed E-state index contributed by atoms with van der Waals surface area (Å²) in [4.78, 5) is 12.4. The number of carbonyl (C=O) groups excluding carboxylic acids is 1. The van der Waals surface area contributed by atoms with Crippen molar-refractivity contribution in [1.29, 1.82) is 0 Å². The number of carbonyl (C=O) groups is 1. The molecule has 0 aliphatic heterocycles. The Morgan fingerprint density at radius 1 is 0.933 bits per heavy atom. The van der Waals surface area contributed by atoms with Crippen molar-refractivity contribution < 1.29 is 32.2 Å². The lowest BCUT2D eigenvalue weighted by atomic mass is 10.1. The highest BCUT2D eigenvalue weighted by molar-refractivity contribution is 7.89. The molecule has 0 radical (unpaired) electrons. The zero-order chi connectivity index (χ0) is 22.3. The van der Waals surface area contributed by atoms with E-state index in [1.807, 2.05) is 0 Å². The molecular weight excluding hydrogens is 412 g/mol. The number of methoxy groups -OCH3 is 4. The van der Waals surface area contributed by atoms with Crippen LogP contribution in [0.2, 0.25) is 0 Å². The fraction of sp³-hybridized carbons (Fsp3) is 0.350. The maximum atomic E-state index is 12.5. The van der Waals surface area contributed by atoms with E-state index in [1.54, 1.807) is 12.1 Å². The van der Waals surface area contributed by atoms with E-state index in [0.717, 1.165) is 0 Å². The largest absolute Gasteiger partial charge is 0.497 e. The Labute approximate surface area is 176 Å². The van der Waals surface area contributed by atoms with Gasteiger partial charge in [0.25, 0.3) is 0 Å². The highest BCUT2D eigenvalue weighted by Crippen LogP contribution is 2.38. The van der Waals surface area contributed by atoms with Crippen molar-refractivity contribution in [2.24, 2.45) is 0 Å². The third-order valence-corrected chi connectivity index (χ3v) is 5.84. The molecule has 0 fully saturated rings. The lowest BCUT2D eigenvalue weighted by Crippen LogP contribution is -2.44. The fourth-order valence-electron chi connectivity index (χ4n) is 2.69. The monoisotopic (exact) mass is 438 g/mol. The average Bonchev–Trinajstić information content (AvgIpc) is 2.76. The number of benzene rings is 2. The molecule has 0 saturated carbocycles. The first kappa shape index (κ1) is 23.3. The van der Waals surface area contributed by atoms with Crippen LogP contribution in [0.4, 0.5) is 0 Å². The van der Waals surface area contributed by atoms with Crippen LogP contribution in [0.5, 0.6) is 23.0 Å². The van der Waals surface area contributed by atoms with Gasteiger partial charge in [-0.2, -0.15) is 4.72 Å². The quantitative estimate of drug-likeness (QED) is 0.581. The summed E-state index contributed by atoms with van der Waals surface area (Å²) in [5.74, 6) is 1.39. The van der Waals surface area contributed by atoms with Gasteiger partial charge in [-0.25, -0.2) is 8.42 Å². The Kier molecular flexibility index (Phi) is 7.90. The minimum absolute atomic E-state index is 0.0348. The van der Waals surface area contributed by atoms with Crippen molar-refractivity contribution in [2.75, 3.05) is 28.4 Å². The van der Waals surface area contributed by atoms with Gasteiger partial charge in [-0.15, -0.1) is 0 Å². The molecule has 0 unspecified atom stereocenters. The fourth-order valence-corrected chi connectivity index (χ4v) is 3.89. The molecule has 0 spiro atoms. The van der Waals surface area contributed by atoms with E-state index < -0.39 is 22.0 Å². The van der Waals surface area contributed by atoms with Gasteiger partial charge in [0.1, 0.15) is 5.75 Å². The first-order valence-electron chi connectivity index (χ1n) is 8.98. The summed E-state index contributed by atoms with van der Waals surface area (Å²) < 4.78 is 48.2. The molecule has 0 saturated heterocycles. The molecule has 2 N–H and O–H groups in total. The van der Waals surface area contributed by atoms with Crippen molar-refractivity contribution >= 4 is 15.9 Å². The van der Waals surface area contributed by atoms with E-state index in [-0.39, 0.29) is 11.4 Å². The summed E-state index contributed by atoms with van der Waals surface area (Å²) in [5.41, 5.74) is 0.697. The van der Waals surface area contributed by atoms with Crippen LogP contribution in [0.1, 0.15) is 12.5 Å². The van der Waals surface area contributed by atoms with Crippen LogP contribution in [0, 0.1) is 0 Å². The van der Waals surface area contributed by atoms with E-state index in [1.165, 1.54) is 59.6 Å². The Morgan fingerprint density at radius 2 is 1.50 bits per heavy atom. The van der Waals surface area contributed by atoms with Crippen molar-refractivity contribution in [1.82, 2.24) is 10.0 Å².